The molecule has 2 N–H and O–H groups in total. The van der Waals surface area contributed by atoms with Gasteiger partial charge in [0.25, 0.3) is 5.91 Å². The van der Waals surface area contributed by atoms with Gasteiger partial charge in [-0.3, -0.25) is 4.79 Å². The van der Waals surface area contributed by atoms with Crippen molar-refractivity contribution in [3.63, 3.8) is 0 Å². The highest BCUT2D eigenvalue weighted by molar-refractivity contribution is 5.95. The summed E-state index contributed by atoms with van der Waals surface area (Å²) in [5.41, 5.74) is 0.411. The van der Waals surface area contributed by atoms with E-state index in [1.807, 2.05) is 25.1 Å². The quantitative estimate of drug-likeness (QED) is 0.772. The van der Waals surface area contributed by atoms with Crippen molar-refractivity contribution in [2.45, 2.75) is 52.6 Å². The van der Waals surface area contributed by atoms with Gasteiger partial charge in [-0.05, 0) is 44.2 Å². The third-order valence-corrected chi connectivity index (χ3v) is 4.20. The summed E-state index contributed by atoms with van der Waals surface area (Å²) in [6.45, 7) is 8.19. The fraction of sp³-hybridized carbons (Fsp3) is 0.526. The zero-order valence-electron chi connectivity index (χ0n) is 15.5. The van der Waals surface area contributed by atoms with Crippen molar-refractivity contribution in [3.05, 3.63) is 41.9 Å². The molecule has 25 heavy (non-hydrogen) atoms. The van der Waals surface area contributed by atoms with E-state index in [-0.39, 0.29) is 12.5 Å². The molecule has 2 heterocycles. The minimum atomic E-state index is -0.913. The lowest BCUT2D eigenvalue weighted by Crippen LogP contribution is -2.41. The second-order valence-electron chi connectivity index (χ2n) is 7.07. The van der Waals surface area contributed by atoms with Crippen LogP contribution >= 0.6 is 0 Å². The first kappa shape index (κ1) is 19.1. The summed E-state index contributed by atoms with van der Waals surface area (Å²) in [6, 6.07) is 5.57. The lowest BCUT2D eigenvalue weighted by Gasteiger charge is -2.24. The van der Waals surface area contributed by atoms with E-state index in [9.17, 15) is 9.90 Å². The first-order valence-electron chi connectivity index (χ1n) is 8.83. The van der Waals surface area contributed by atoms with Gasteiger partial charge in [0.15, 0.2) is 5.82 Å². The van der Waals surface area contributed by atoms with Gasteiger partial charge < -0.3 is 10.4 Å². The SMILES string of the molecule is CCc1c(C(=O)NCC(C)(O)CCC(C)C)cnn1-c1ccccn1. The summed E-state index contributed by atoms with van der Waals surface area (Å²) in [7, 11) is 0. The first-order chi connectivity index (χ1) is 11.8. The van der Waals surface area contributed by atoms with E-state index in [0.29, 0.717) is 30.1 Å². The predicted octanol–water partition coefficient (Wildman–Crippen LogP) is 2.75. The molecule has 6 heteroatoms. The molecule has 0 fully saturated rings. The van der Waals surface area contributed by atoms with Crippen molar-refractivity contribution < 1.29 is 9.90 Å². The molecule has 0 aromatic carbocycles. The molecule has 6 nitrogen and oxygen atoms in total. The fourth-order valence-electron chi connectivity index (χ4n) is 2.63. The van der Waals surface area contributed by atoms with Crippen molar-refractivity contribution in [1.82, 2.24) is 20.1 Å². The van der Waals surface area contributed by atoms with E-state index < -0.39 is 5.60 Å². The van der Waals surface area contributed by atoms with E-state index in [2.05, 4.69) is 29.2 Å². The summed E-state index contributed by atoms with van der Waals surface area (Å²) >= 11 is 0. The fourth-order valence-corrected chi connectivity index (χ4v) is 2.63. The van der Waals surface area contributed by atoms with Gasteiger partial charge in [0.2, 0.25) is 0 Å². The molecule has 0 aliphatic heterocycles. The Hall–Kier alpha value is -2.21. The Morgan fingerprint density at radius 1 is 1.40 bits per heavy atom. The molecule has 2 aromatic rings. The Balaban J connectivity index is 2.09. The molecule has 1 atom stereocenters. The summed E-state index contributed by atoms with van der Waals surface area (Å²) in [5.74, 6) is 0.983. The van der Waals surface area contributed by atoms with Gasteiger partial charge in [0.1, 0.15) is 0 Å². The summed E-state index contributed by atoms with van der Waals surface area (Å²) in [5, 5.41) is 17.6. The third kappa shape index (κ3) is 5.13. The van der Waals surface area contributed by atoms with Gasteiger partial charge in [0.05, 0.1) is 23.1 Å². The second kappa shape index (κ2) is 8.25. The van der Waals surface area contributed by atoms with Crippen LogP contribution < -0.4 is 5.32 Å². The molecule has 1 amide bonds. The largest absolute Gasteiger partial charge is 0.388 e. The van der Waals surface area contributed by atoms with Gasteiger partial charge in [-0.15, -0.1) is 0 Å². The van der Waals surface area contributed by atoms with Crippen LogP contribution in [0.5, 0.6) is 0 Å². The van der Waals surface area contributed by atoms with Gasteiger partial charge in [-0.2, -0.15) is 5.10 Å². The summed E-state index contributed by atoms with van der Waals surface area (Å²) in [6.07, 6.45) is 5.48. The standard InChI is InChI=1S/C19H28N4O2/c1-5-16-15(12-22-23(16)17-8-6-7-11-20-17)18(24)21-13-19(4,25)10-9-14(2)3/h6-8,11-12,14,25H,5,9-10,13H2,1-4H3,(H,21,24). The van der Waals surface area contributed by atoms with E-state index in [1.165, 1.54) is 0 Å². The molecule has 136 valence electrons. The number of carbonyl (C=O) groups excluding carboxylic acids is 1. The maximum Gasteiger partial charge on any atom is 0.254 e. The molecule has 0 radical (unpaired) electrons. The van der Waals surface area contributed by atoms with Crippen LogP contribution in [0.2, 0.25) is 0 Å². The molecule has 0 aliphatic rings. The van der Waals surface area contributed by atoms with Gasteiger partial charge in [-0.1, -0.05) is 26.8 Å². The van der Waals surface area contributed by atoms with Crippen LogP contribution in [-0.4, -0.2) is 37.9 Å². The minimum Gasteiger partial charge on any atom is -0.388 e. The smallest absolute Gasteiger partial charge is 0.254 e. The first-order valence-corrected chi connectivity index (χ1v) is 8.83. The predicted molar refractivity (Wildman–Crippen MR) is 97.8 cm³/mol. The molecular formula is C19H28N4O2. The highest BCUT2D eigenvalue weighted by Crippen LogP contribution is 2.17. The molecular weight excluding hydrogens is 316 g/mol. The monoisotopic (exact) mass is 344 g/mol. The van der Waals surface area contributed by atoms with Crippen LogP contribution in [0.15, 0.2) is 30.6 Å². The van der Waals surface area contributed by atoms with Crippen molar-refractivity contribution in [1.29, 1.82) is 0 Å². The Morgan fingerprint density at radius 3 is 2.76 bits per heavy atom. The maximum absolute atomic E-state index is 12.6. The summed E-state index contributed by atoms with van der Waals surface area (Å²) in [4.78, 5) is 16.8. The maximum atomic E-state index is 12.6. The Morgan fingerprint density at radius 2 is 2.16 bits per heavy atom. The lowest BCUT2D eigenvalue weighted by molar-refractivity contribution is 0.0429. The number of hydrogen-bond acceptors (Lipinski definition) is 4. The molecule has 2 aromatic heterocycles. The highest BCUT2D eigenvalue weighted by Gasteiger charge is 2.23. The van der Waals surface area contributed by atoms with E-state index in [0.717, 1.165) is 12.1 Å². The van der Waals surface area contributed by atoms with Crippen LogP contribution in [-0.2, 0) is 6.42 Å². The van der Waals surface area contributed by atoms with Crippen molar-refractivity contribution in [2.75, 3.05) is 6.54 Å². The van der Waals surface area contributed by atoms with Crippen molar-refractivity contribution >= 4 is 5.91 Å². The van der Waals surface area contributed by atoms with Gasteiger partial charge >= 0.3 is 0 Å². The average Bonchev–Trinajstić information content (AvgIpc) is 3.03. The number of hydrogen-bond donors (Lipinski definition) is 2. The Labute approximate surface area is 149 Å². The van der Waals surface area contributed by atoms with E-state index in [4.69, 9.17) is 0 Å². The number of aliphatic hydroxyl groups is 1. The van der Waals surface area contributed by atoms with Crippen LogP contribution in [0.1, 0.15) is 56.6 Å². The van der Waals surface area contributed by atoms with E-state index >= 15 is 0 Å². The number of amides is 1. The molecule has 0 aliphatic carbocycles. The molecule has 0 bridgehead atoms. The molecule has 2 rings (SSSR count). The normalized spacial score (nSPS) is 13.7. The Bertz CT molecular complexity index is 693. The van der Waals surface area contributed by atoms with Crippen LogP contribution in [0, 0.1) is 5.92 Å². The number of rotatable bonds is 8. The number of aromatic nitrogens is 3. The number of carbonyl (C=O) groups is 1. The molecule has 1 unspecified atom stereocenters. The highest BCUT2D eigenvalue weighted by atomic mass is 16.3. The average molecular weight is 344 g/mol. The van der Waals surface area contributed by atoms with Gasteiger partial charge in [0, 0.05) is 12.7 Å². The van der Waals surface area contributed by atoms with Crippen LogP contribution in [0.3, 0.4) is 0 Å². The number of pyridine rings is 1. The zero-order valence-corrected chi connectivity index (χ0v) is 15.5. The third-order valence-electron chi connectivity index (χ3n) is 4.20. The van der Waals surface area contributed by atoms with Crippen LogP contribution in [0.4, 0.5) is 0 Å². The second-order valence-corrected chi connectivity index (χ2v) is 7.07. The molecule has 0 spiro atoms. The van der Waals surface area contributed by atoms with Crippen molar-refractivity contribution in [3.8, 4) is 5.82 Å². The van der Waals surface area contributed by atoms with Crippen molar-refractivity contribution in [2.24, 2.45) is 5.92 Å². The number of nitrogens with one attached hydrogen (secondary N) is 1. The Kier molecular flexibility index (Phi) is 6.31. The van der Waals surface area contributed by atoms with E-state index in [1.54, 1.807) is 24.0 Å². The van der Waals surface area contributed by atoms with Crippen LogP contribution in [0.25, 0.3) is 5.82 Å². The minimum absolute atomic E-state index is 0.219. The zero-order chi connectivity index (χ0) is 18.4. The summed E-state index contributed by atoms with van der Waals surface area (Å²) < 4.78 is 1.69. The lowest BCUT2D eigenvalue weighted by atomic mass is 9.95. The number of nitrogens with zero attached hydrogens (tertiary/aromatic N) is 3. The molecule has 0 saturated carbocycles. The van der Waals surface area contributed by atoms with Gasteiger partial charge in [-0.25, -0.2) is 9.67 Å². The topological polar surface area (TPSA) is 80.0 Å². The molecule has 0 saturated heterocycles.